The standard InChI is InChI=1S/C60H44B2N8O/c1-65-54-27-8-6-25-51(54)64-60(65)70-53-26-7-5-20-45(53)46-31-30-44(40-57(46)70)71-58-39-43(38-52(63-58)42-18-3-2-4-19-42)68-41-69(56-29-10-9-28-55(56)68)59-47(49-23-16-36-66-34-13-11-32-61(49)66)21-15-22-48(59)50-24-17-37-67-35-14-12-33-62(50)67/h2-40H,41H2,1H3/i1D3,5D,7D,20D,26D. The second-order valence-electron chi connectivity index (χ2n) is 17.8. The fourth-order valence-electron chi connectivity index (χ4n) is 10.7. The van der Waals surface area contributed by atoms with E-state index >= 15 is 0 Å². The third kappa shape index (κ3) is 6.72. The van der Waals surface area contributed by atoms with Gasteiger partial charge in [0.2, 0.25) is 11.8 Å². The topological polar surface area (TPSA) is 57.8 Å². The molecule has 9 aromatic rings. The van der Waals surface area contributed by atoms with Crippen molar-refractivity contribution in [3.05, 3.63) is 248 Å². The van der Waals surface area contributed by atoms with Crippen LogP contribution in [-0.2, 0) is 6.98 Å². The molecule has 71 heavy (non-hydrogen) atoms. The van der Waals surface area contributed by atoms with Crippen molar-refractivity contribution in [1.29, 1.82) is 0 Å². The van der Waals surface area contributed by atoms with Crippen LogP contribution in [0.2, 0.25) is 0 Å². The van der Waals surface area contributed by atoms with Crippen LogP contribution in [0.4, 0.5) is 22.7 Å². The summed E-state index contributed by atoms with van der Waals surface area (Å²) >= 11 is 0. The van der Waals surface area contributed by atoms with Crippen LogP contribution in [0.3, 0.4) is 0 Å². The Hall–Kier alpha value is -9.21. The fourth-order valence-corrected chi connectivity index (χ4v) is 10.7. The molecular formula is C60H44B2N8O. The second-order valence-corrected chi connectivity index (χ2v) is 17.8. The third-order valence-corrected chi connectivity index (χ3v) is 13.9. The number of hydrogen-bond acceptors (Lipinski definition) is 7. The second kappa shape index (κ2) is 16.5. The summed E-state index contributed by atoms with van der Waals surface area (Å²) < 4.78 is 71.3. The Morgan fingerprint density at radius 1 is 0.592 bits per heavy atom. The number of anilines is 4. The van der Waals surface area contributed by atoms with Gasteiger partial charge in [0.15, 0.2) is 0 Å². The quantitative estimate of drug-likeness (QED) is 0.141. The van der Waals surface area contributed by atoms with Crippen molar-refractivity contribution in [3.8, 4) is 28.8 Å². The zero-order valence-corrected chi connectivity index (χ0v) is 38.1. The molecule has 3 aromatic heterocycles. The molecule has 0 spiro atoms. The lowest BCUT2D eigenvalue weighted by Gasteiger charge is -2.35. The Morgan fingerprint density at radius 3 is 2.04 bits per heavy atom. The number of para-hydroxylation sites is 6. The van der Waals surface area contributed by atoms with Crippen molar-refractivity contribution < 1.29 is 14.3 Å². The van der Waals surface area contributed by atoms with E-state index < -0.39 is 19.1 Å². The minimum absolute atomic E-state index is 0.0118. The van der Waals surface area contributed by atoms with Crippen molar-refractivity contribution in [2.24, 2.45) is 6.98 Å². The van der Waals surface area contributed by atoms with E-state index in [4.69, 9.17) is 22.9 Å². The van der Waals surface area contributed by atoms with Crippen LogP contribution in [0.1, 0.15) is 20.7 Å². The van der Waals surface area contributed by atoms with Gasteiger partial charge in [-0.25, -0.2) is 9.97 Å². The van der Waals surface area contributed by atoms with Crippen LogP contribution < -0.4 is 14.5 Å². The van der Waals surface area contributed by atoms with E-state index in [0.717, 1.165) is 44.0 Å². The van der Waals surface area contributed by atoms with Crippen molar-refractivity contribution in [1.82, 2.24) is 28.7 Å². The van der Waals surface area contributed by atoms with Gasteiger partial charge in [-0.2, -0.15) is 0 Å². The summed E-state index contributed by atoms with van der Waals surface area (Å²) in [5.74, 6) is 5.05. The average Bonchev–Trinajstić information content (AvgIpc) is 4.29. The molecule has 8 heterocycles. The summed E-state index contributed by atoms with van der Waals surface area (Å²) in [5, 5.41) is 0.683. The molecule has 11 heteroatoms. The Morgan fingerprint density at radius 2 is 1.28 bits per heavy atom. The lowest BCUT2D eigenvalue weighted by Crippen LogP contribution is -2.36. The molecule has 0 saturated heterocycles. The number of pyridine rings is 1. The first kappa shape index (κ1) is 34.1. The molecule has 0 atom stereocenters. The third-order valence-electron chi connectivity index (χ3n) is 13.9. The van der Waals surface area contributed by atoms with Crippen molar-refractivity contribution >= 4 is 80.2 Å². The van der Waals surface area contributed by atoms with Crippen molar-refractivity contribution in [3.63, 3.8) is 0 Å². The highest BCUT2D eigenvalue weighted by Gasteiger charge is 2.37. The maximum Gasteiger partial charge on any atom is 0.320 e. The molecule has 6 aromatic carbocycles. The summed E-state index contributed by atoms with van der Waals surface area (Å²) in [6, 6.07) is 39.7. The molecular weight excluding hydrogens is 870 g/mol. The number of imidazole rings is 1. The van der Waals surface area contributed by atoms with Gasteiger partial charge < -0.3 is 28.7 Å². The van der Waals surface area contributed by atoms with Gasteiger partial charge >= 0.3 is 13.7 Å². The van der Waals surface area contributed by atoms with E-state index in [0.29, 0.717) is 40.0 Å². The van der Waals surface area contributed by atoms with Crippen LogP contribution >= 0.6 is 0 Å². The van der Waals surface area contributed by atoms with Gasteiger partial charge in [0.25, 0.3) is 0 Å². The zero-order valence-electron chi connectivity index (χ0n) is 45.1. The molecule has 0 fully saturated rings. The number of rotatable bonds is 8. The fraction of sp³-hybridized carbons (Fsp3) is 0.0333. The van der Waals surface area contributed by atoms with Gasteiger partial charge in [0.1, 0.15) is 12.4 Å². The largest absolute Gasteiger partial charge is 0.439 e. The van der Waals surface area contributed by atoms with E-state index in [2.05, 4.69) is 153 Å². The van der Waals surface area contributed by atoms with E-state index in [1.165, 1.54) is 15.5 Å². The minimum atomic E-state index is -2.72. The number of ether oxygens (including phenoxy) is 1. The number of allylic oxidation sites excluding steroid dienone is 8. The number of benzene rings is 6. The molecule has 14 rings (SSSR count). The molecule has 0 amide bonds. The van der Waals surface area contributed by atoms with E-state index in [1.54, 1.807) is 42.5 Å². The Bertz CT molecular complexity index is 4190. The molecule has 9 nitrogen and oxygen atoms in total. The van der Waals surface area contributed by atoms with Crippen LogP contribution in [-0.4, -0.2) is 49.1 Å². The van der Waals surface area contributed by atoms with Crippen LogP contribution in [0, 0.1) is 0 Å². The molecule has 0 unspecified atom stereocenters. The van der Waals surface area contributed by atoms with Gasteiger partial charge in [-0.1, -0.05) is 127 Å². The van der Waals surface area contributed by atoms with Crippen LogP contribution in [0.5, 0.6) is 11.6 Å². The van der Waals surface area contributed by atoms with Crippen LogP contribution in [0.25, 0.3) is 61.0 Å². The number of hydrogen-bond donors (Lipinski definition) is 0. The van der Waals surface area contributed by atoms with Gasteiger partial charge in [-0.3, -0.25) is 4.57 Å². The molecule has 0 N–H and O–H groups in total. The summed E-state index contributed by atoms with van der Waals surface area (Å²) in [7, 11) is 0. The van der Waals surface area contributed by atoms with Crippen LogP contribution in [0.15, 0.2) is 237 Å². The number of aryl methyl sites for hydroxylation is 1. The van der Waals surface area contributed by atoms with Gasteiger partial charge in [-0.05, 0) is 120 Å². The zero-order chi connectivity index (χ0) is 53.0. The van der Waals surface area contributed by atoms with Crippen molar-refractivity contribution in [2.75, 3.05) is 16.5 Å². The number of aromatic nitrogens is 4. The molecule has 336 valence electrons. The molecule has 5 aliphatic rings. The summed E-state index contributed by atoms with van der Waals surface area (Å²) in [4.78, 5) is 19.1. The minimum Gasteiger partial charge on any atom is -0.439 e. The van der Waals surface area contributed by atoms with Gasteiger partial charge in [0, 0.05) is 39.6 Å². The Kier molecular flexibility index (Phi) is 7.93. The summed E-state index contributed by atoms with van der Waals surface area (Å²) in [5.41, 5.74) is 11.2. The predicted octanol–water partition coefficient (Wildman–Crippen LogP) is 13.5. The molecule has 0 aliphatic carbocycles. The molecule has 0 saturated carbocycles. The van der Waals surface area contributed by atoms with E-state index in [1.807, 2.05) is 36.4 Å². The normalized spacial score (nSPS) is 17.2. The lowest BCUT2D eigenvalue weighted by atomic mass is 9.48. The SMILES string of the molecule is [2H]c1c([2H])c([2H])c2c(c1[2H])c1ccc(Oc3cc(N4CN(c5c(C6=CC=CN7C=CC=CB67)cccc5C5=CC=CN6C=CC=CB56)c5ccccc54)cc(-c4ccccc4)n3)cc1n2-c1nc2ccccc2n1C([2H])([2H])[2H]. The maximum absolute atomic E-state index is 9.21. The first-order valence-corrected chi connectivity index (χ1v) is 23.6. The highest BCUT2D eigenvalue weighted by atomic mass is 16.5. The monoisotopic (exact) mass is 921 g/mol. The number of nitrogens with zero attached hydrogens (tertiary/aromatic N) is 8. The maximum atomic E-state index is 9.21. The first-order valence-electron chi connectivity index (χ1n) is 27.1. The van der Waals surface area contributed by atoms with E-state index in [9.17, 15) is 1.37 Å². The first-order chi connectivity index (χ1) is 38.0. The Labute approximate surface area is 422 Å². The number of fused-ring (bicyclic) bond motifs is 7. The lowest BCUT2D eigenvalue weighted by molar-refractivity contribution is 0.464. The predicted molar refractivity (Wildman–Crippen MR) is 293 cm³/mol. The van der Waals surface area contributed by atoms with Crippen molar-refractivity contribution in [2.45, 2.75) is 0 Å². The molecule has 0 bridgehead atoms. The van der Waals surface area contributed by atoms with E-state index in [-0.39, 0.29) is 48.5 Å². The highest BCUT2D eigenvalue weighted by molar-refractivity contribution is 6.83. The summed E-state index contributed by atoms with van der Waals surface area (Å²) in [6.07, 6.45) is 25.5. The summed E-state index contributed by atoms with van der Waals surface area (Å²) in [6.45, 7) is -2.31. The smallest absolute Gasteiger partial charge is 0.320 e. The van der Waals surface area contributed by atoms with Gasteiger partial charge in [-0.15, -0.1) is 0 Å². The Balaban J connectivity index is 0.928. The highest BCUT2D eigenvalue weighted by Crippen LogP contribution is 2.50. The molecule has 5 aliphatic heterocycles. The molecule has 0 radical (unpaired) electrons. The average molecular weight is 922 g/mol. The van der Waals surface area contributed by atoms with Gasteiger partial charge in [0.05, 0.1) is 56.0 Å².